The molecule has 6 heteroatoms. The lowest BCUT2D eigenvalue weighted by Crippen LogP contribution is -2.21. The Hall–Kier alpha value is -2.09. The maximum absolute atomic E-state index is 8.87. The third-order valence-electron chi connectivity index (χ3n) is 3.39. The van der Waals surface area contributed by atoms with Crippen molar-refractivity contribution in [1.29, 1.82) is 5.26 Å². The summed E-state index contributed by atoms with van der Waals surface area (Å²) in [7, 11) is 0. The van der Waals surface area contributed by atoms with Crippen LogP contribution in [0.1, 0.15) is 19.4 Å². The number of halogens is 2. The molecule has 23 heavy (non-hydrogen) atoms. The van der Waals surface area contributed by atoms with Crippen LogP contribution < -0.4 is 4.90 Å². The van der Waals surface area contributed by atoms with Crippen LogP contribution in [0.5, 0.6) is 0 Å². The van der Waals surface area contributed by atoms with Gasteiger partial charge in [0, 0.05) is 18.8 Å². The predicted molar refractivity (Wildman–Crippen MR) is 95.4 cm³/mol. The summed E-state index contributed by atoms with van der Waals surface area (Å²) in [5.74, 6) is 0. The van der Waals surface area contributed by atoms with Gasteiger partial charge >= 0.3 is 0 Å². The topological polar surface area (TPSA) is 51.8 Å². The van der Waals surface area contributed by atoms with Crippen molar-refractivity contribution in [2.24, 2.45) is 10.2 Å². The molecule has 2 rings (SSSR count). The lowest BCUT2D eigenvalue weighted by Gasteiger charge is -2.20. The number of hydrogen-bond acceptors (Lipinski definition) is 4. The van der Waals surface area contributed by atoms with E-state index in [0.29, 0.717) is 27.0 Å². The highest BCUT2D eigenvalue weighted by atomic mass is 35.5. The molecule has 4 nitrogen and oxygen atoms in total. The molecule has 118 valence electrons. The Kier molecular flexibility index (Phi) is 5.97. The Morgan fingerprint density at radius 3 is 2.04 bits per heavy atom. The van der Waals surface area contributed by atoms with Gasteiger partial charge in [-0.2, -0.15) is 10.4 Å². The van der Waals surface area contributed by atoms with Gasteiger partial charge in [-0.15, -0.1) is 5.11 Å². The van der Waals surface area contributed by atoms with Crippen molar-refractivity contribution in [2.45, 2.75) is 13.8 Å². The molecular formula is C17H16Cl2N4. The molecule has 0 saturated carbocycles. The van der Waals surface area contributed by atoms with Gasteiger partial charge in [-0.25, -0.2) is 0 Å². The van der Waals surface area contributed by atoms with E-state index < -0.39 is 0 Å². The van der Waals surface area contributed by atoms with Crippen LogP contribution in [0, 0.1) is 11.3 Å². The number of azo groups is 1. The van der Waals surface area contributed by atoms with Crippen molar-refractivity contribution in [3.05, 3.63) is 52.0 Å². The van der Waals surface area contributed by atoms with Crippen molar-refractivity contribution in [1.82, 2.24) is 0 Å². The molecule has 0 saturated heterocycles. The molecule has 0 radical (unpaired) electrons. The summed E-state index contributed by atoms with van der Waals surface area (Å²) in [6.45, 7) is 6.14. The van der Waals surface area contributed by atoms with E-state index in [4.69, 9.17) is 28.5 Å². The van der Waals surface area contributed by atoms with Crippen LogP contribution in [0.2, 0.25) is 10.0 Å². The summed E-state index contributed by atoms with van der Waals surface area (Å²) in [6, 6.07) is 12.8. The average Bonchev–Trinajstić information content (AvgIpc) is 2.56. The zero-order valence-corrected chi connectivity index (χ0v) is 14.4. The van der Waals surface area contributed by atoms with Crippen LogP contribution in [-0.2, 0) is 0 Å². The summed E-state index contributed by atoms with van der Waals surface area (Å²) >= 11 is 12.2. The van der Waals surface area contributed by atoms with Gasteiger partial charge in [0.25, 0.3) is 0 Å². The highest BCUT2D eigenvalue weighted by molar-refractivity contribution is 6.38. The fraction of sp³-hybridized carbons (Fsp3) is 0.235. The molecule has 0 heterocycles. The van der Waals surface area contributed by atoms with Gasteiger partial charge in [0.05, 0.1) is 27.4 Å². The smallest absolute Gasteiger partial charge is 0.123 e. The zero-order valence-electron chi connectivity index (χ0n) is 12.9. The van der Waals surface area contributed by atoms with E-state index in [2.05, 4.69) is 29.0 Å². The number of hydrogen-bond donors (Lipinski definition) is 0. The van der Waals surface area contributed by atoms with Gasteiger partial charge in [-0.3, -0.25) is 0 Å². The summed E-state index contributed by atoms with van der Waals surface area (Å²) in [5.41, 5.74) is 2.60. The SMILES string of the molecule is CCN(CC)c1ccc(N=Nc2c(Cl)cc(C#N)cc2Cl)cc1. The Labute approximate surface area is 146 Å². The molecule has 0 aromatic heterocycles. The van der Waals surface area contributed by atoms with Crippen LogP contribution in [0.15, 0.2) is 46.6 Å². The van der Waals surface area contributed by atoms with Crippen LogP contribution >= 0.6 is 23.2 Å². The van der Waals surface area contributed by atoms with E-state index in [0.717, 1.165) is 18.8 Å². The van der Waals surface area contributed by atoms with Crippen molar-refractivity contribution in [3.63, 3.8) is 0 Å². The molecule has 0 aliphatic rings. The monoisotopic (exact) mass is 346 g/mol. The molecule has 0 atom stereocenters. The summed E-state index contributed by atoms with van der Waals surface area (Å²) in [4.78, 5) is 2.25. The predicted octanol–water partition coefficient (Wildman–Crippen LogP) is 6.13. The van der Waals surface area contributed by atoms with Crippen molar-refractivity contribution in [3.8, 4) is 6.07 Å². The number of nitrogens with zero attached hydrogens (tertiary/aromatic N) is 4. The first kappa shape index (κ1) is 17.3. The molecular weight excluding hydrogens is 331 g/mol. The van der Waals surface area contributed by atoms with Gasteiger partial charge < -0.3 is 4.90 Å². The first-order chi connectivity index (χ1) is 11.1. The number of anilines is 1. The molecule has 0 aliphatic heterocycles. The van der Waals surface area contributed by atoms with Gasteiger partial charge in [0.1, 0.15) is 5.69 Å². The van der Waals surface area contributed by atoms with Crippen LogP contribution in [0.4, 0.5) is 17.1 Å². The van der Waals surface area contributed by atoms with Crippen molar-refractivity contribution in [2.75, 3.05) is 18.0 Å². The zero-order chi connectivity index (χ0) is 16.8. The van der Waals surface area contributed by atoms with E-state index in [1.165, 1.54) is 12.1 Å². The second-order valence-corrected chi connectivity index (χ2v) is 5.60. The lowest BCUT2D eigenvalue weighted by molar-refractivity contribution is 0.866. The summed E-state index contributed by atoms with van der Waals surface area (Å²) in [5, 5.41) is 17.7. The molecule has 0 amide bonds. The van der Waals surface area contributed by atoms with Crippen LogP contribution in [-0.4, -0.2) is 13.1 Å². The molecule has 2 aromatic rings. The first-order valence-corrected chi connectivity index (χ1v) is 8.00. The quantitative estimate of drug-likeness (QED) is 0.611. The highest BCUT2D eigenvalue weighted by Gasteiger charge is 2.08. The number of rotatable bonds is 5. The molecule has 2 aromatic carbocycles. The van der Waals surface area contributed by atoms with Crippen molar-refractivity contribution < 1.29 is 0 Å². The number of benzene rings is 2. The fourth-order valence-electron chi connectivity index (χ4n) is 2.15. The largest absolute Gasteiger partial charge is 0.372 e. The maximum Gasteiger partial charge on any atom is 0.123 e. The summed E-state index contributed by atoms with van der Waals surface area (Å²) in [6.07, 6.45) is 0. The standard InChI is InChI=1S/C17H16Cl2N4/c1-3-23(4-2)14-7-5-13(6-8-14)21-22-17-15(18)9-12(11-20)10-16(17)19/h5-10H,3-4H2,1-2H3. The first-order valence-electron chi connectivity index (χ1n) is 7.25. The third-order valence-corrected chi connectivity index (χ3v) is 3.97. The Balaban J connectivity index is 2.23. The molecule has 0 unspecified atom stereocenters. The fourth-order valence-corrected chi connectivity index (χ4v) is 2.71. The van der Waals surface area contributed by atoms with Crippen molar-refractivity contribution >= 4 is 40.3 Å². The van der Waals surface area contributed by atoms with Gasteiger partial charge in [0.2, 0.25) is 0 Å². The molecule has 0 fully saturated rings. The normalized spacial score (nSPS) is 10.7. The Bertz CT molecular complexity index is 721. The minimum absolute atomic E-state index is 0.303. The Morgan fingerprint density at radius 1 is 1.00 bits per heavy atom. The molecule has 0 aliphatic carbocycles. The van der Waals surface area contributed by atoms with E-state index in [9.17, 15) is 0 Å². The third kappa shape index (κ3) is 4.22. The van der Waals surface area contributed by atoms with Gasteiger partial charge in [0.15, 0.2) is 0 Å². The van der Waals surface area contributed by atoms with E-state index in [-0.39, 0.29) is 0 Å². The summed E-state index contributed by atoms with van der Waals surface area (Å²) < 4.78 is 0. The lowest BCUT2D eigenvalue weighted by atomic mass is 10.2. The van der Waals surface area contributed by atoms with Gasteiger partial charge in [-0.05, 0) is 50.2 Å². The van der Waals surface area contributed by atoms with E-state index >= 15 is 0 Å². The Morgan fingerprint density at radius 2 is 1.57 bits per heavy atom. The van der Waals surface area contributed by atoms with Crippen LogP contribution in [0.25, 0.3) is 0 Å². The minimum Gasteiger partial charge on any atom is -0.372 e. The second-order valence-electron chi connectivity index (χ2n) is 4.79. The minimum atomic E-state index is 0.303. The molecule has 0 N–H and O–H groups in total. The van der Waals surface area contributed by atoms with E-state index in [1.54, 1.807) is 0 Å². The number of nitriles is 1. The van der Waals surface area contributed by atoms with E-state index in [1.807, 2.05) is 30.3 Å². The van der Waals surface area contributed by atoms with Gasteiger partial charge in [-0.1, -0.05) is 23.2 Å². The molecule has 0 bridgehead atoms. The molecule has 0 spiro atoms. The van der Waals surface area contributed by atoms with Crippen LogP contribution in [0.3, 0.4) is 0 Å². The average molecular weight is 347 g/mol. The second kappa shape index (κ2) is 7.96. The highest BCUT2D eigenvalue weighted by Crippen LogP contribution is 2.35. The maximum atomic E-state index is 8.87.